The lowest BCUT2D eigenvalue weighted by atomic mass is 10.1. The Bertz CT molecular complexity index is 521. The number of halogens is 1. The van der Waals surface area contributed by atoms with E-state index in [1.807, 2.05) is 31.2 Å². The normalized spacial score (nSPS) is 20.3. The summed E-state index contributed by atoms with van der Waals surface area (Å²) in [6.45, 7) is 3.18. The summed E-state index contributed by atoms with van der Waals surface area (Å²) in [6, 6.07) is 7.12. The summed E-state index contributed by atoms with van der Waals surface area (Å²) < 4.78 is 10.1. The van der Waals surface area contributed by atoms with Crippen molar-refractivity contribution in [1.29, 1.82) is 0 Å². The van der Waals surface area contributed by atoms with E-state index in [1.165, 1.54) is 7.11 Å². The molecule has 1 amide bonds. The van der Waals surface area contributed by atoms with E-state index in [1.54, 1.807) is 0 Å². The number of esters is 1. The molecule has 1 saturated heterocycles. The Morgan fingerprint density at radius 2 is 2.04 bits per heavy atom. The fraction of sp³-hybridized carbons (Fsp3) is 0.500. The molecule has 6 nitrogen and oxygen atoms in total. The first kappa shape index (κ1) is 19.4. The molecule has 2 rings (SSSR count). The van der Waals surface area contributed by atoms with E-state index < -0.39 is 0 Å². The zero-order valence-corrected chi connectivity index (χ0v) is 14.2. The molecule has 23 heavy (non-hydrogen) atoms. The largest absolute Gasteiger partial charge is 0.469 e. The first-order chi connectivity index (χ1) is 10.6. The molecule has 1 aliphatic rings. The monoisotopic (exact) mass is 342 g/mol. The summed E-state index contributed by atoms with van der Waals surface area (Å²) in [6.07, 6.45) is 0.826. The Hall–Kier alpha value is -1.63. The molecule has 0 saturated carbocycles. The molecule has 0 aliphatic carbocycles. The lowest BCUT2D eigenvalue weighted by Gasteiger charge is -2.29. The minimum Gasteiger partial charge on any atom is -0.469 e. The SMILES string of the molecule is COC(=O)CCc1ccc(NC(=O)[C@H]2NCCO[C@@H]2C)cc1.Cl. The van der Waals surface area contributed by atoms with E-state index in [9.17, 15) is 9.59 Å². The Morgan fingerprint density at radius 1 is 1.35 bits per heavy atom. The second kappa shape index (κ2) is 9.50. The summed E-state index contributed by atoms with van der Waals surface area (Å²) in [4.78, 5) is 23.3. The van der Waals surface area contributed by atoms with Crippen molar-refractivity contribution in [3.05, 3.63) is 29.8 Å². The maximum atomic E-state index is 12.2. The van der Waals surface area contributed by atoms with Crippen LogP contribution in [0.15, 0.2) is 24.3 Å². The average Bonchev–Trinajstić information content (AvgIpc) is 2.54. The summed E-state index contributed by atoms with van der Waals surface area (Å²) in [5, 5.41) is 6.02. The van der Waals surface area contributed by atoms with Crippen LogP contribution in [0.4, 0.5) is 5.69 Å². The number of amides is 1. The third-order valence-corrected chi connectivity index (χ3v) is 3.67. The second-order valence-electron chi connectivity index (χ2n) is 5.27. The van der Waals surface area contributed by atoms with E-state index in [-0.39, 0.29) is 36.4 Å². The van der Waals surface area contributed by atoms with Gasteiger partial charge in [-0.3, -0.25) is 9.59 Å². The molecule has 0 spiro atoms. The van der Waals surface area contributed by atoms with Gasteiger partial charge >= 0.3 is 5.97 Å². The molecular weight excluding hydrogens is 320 g/mol. The molecule has 2 N–H and O–H groups in total. The summed E-state index contributed by atoms with van der Waals surface area (Å²) >= 11 is 0. The molecule has 1 aromatic carbocycles. The van der Waals surface area contributed by atoms with Gasteiger partial charge in [-0.25, -0.2) is 0 Å². The van der Waals surface area contributed by atoms with Crippen LogP contribution in [-0.4, -0.2) is 44.3 Å². The number of carbonyl (C=O) groups excluding carboxylic acids is 2. The molecule has 1 aromatic rings. The average molecular weight is 343 g/mol. The van der Waals surface area contributed by atoms with Crippen molar-refractivity contribution in [1.82, 2.24) is 5.32 Å². The lowest BCUT2D eigenvalue weighted by Crippen LogP contribution is -2.53. The summed E-state index contributed by atoms with van der Waals surface area (Å²) in [5.41, 5.74) is 1.75. The predicted molar refractivity (Wildman–Crippen MR) is 89.9 cm³/mol. The van der Waals surface area contributed by atoms with Gasteiger partial charge in [0.25, 0.3) is 0 Å². The topological polar surface area (TPSA) is 76.7 Å². The number of carbonyl (C=O) groups is 2. The van der Waals surface area contributed by atoms with Crippen LogP contribution in [0.3, 0.4) is 0 Å². The first-order valence-electron chi connectivity index (χ1n) is 7.42. The molecule has 0 aromatic heterocycles. The van der Waals surface area contributed by atoms with Gasteiger partial charge in [0.15, 0.2) is 0 Å². The number of hydrogen-bond acceptors (Lipinski definition) is 5. The van der Waals surface area contributed by atoms with Crippen LogP contribution in [-0.2, 0) is 25.5 Å². The van der Waals surface area contributed by atoms with Crippen molar-refractivity contribution < 1.29 is 19.1 Å². The molecule has 0 bridgehead atoms. The van der Waals surface area contributed by atoms with E-state index in [4.69, 9.17) is 4.74 Å². The quantitative estimate of drug-likeness (QED) is 0.794. The number of nitrogens with one attached hydrogen (secondary N) is 2. The number of rotatable bonds is 5. The highest BCUT2D eigenvalue weighted by Crippen LogP contribution is 2.13. The highest BCUT2D eigenvalue weighted by Gasteiger charge is 2.28. The van der Waals surface area contributed by atoms with E-state index >= 15 is 0 Å². The third kappa shape index (κ3) is 5.82. The van der Waals surface area contributed by atoms with Gasteiger partial charge in [0, 0.05) is 18.7 Å². The van der Waals surface area contributed by atoms with Gasteiger partial charge in [-0.2, -0.15) is 0 Å². The van der Waals surface area contributed by atoms with Gasteiger partial charge in [-0.15, -0.1) is 12.4 Å². The van der Waals surface area contributed by atoms with Gasteiger partial charge in [-0.1, -0.05) is 12.1 Å². The van der Waals surface area contributed by atoms with Crippen LogP contribution >= 0.6 is 12.4 Å². The smallest absolute Gasteiger partial charge is 0.305 e. The van der Waals surface area contributed by atoms with E-state index in [2.05, 4.69) is 15.4 Å². The summed E-state index contributed by atoms with van der Waals surface area (Å²) in [5.74, 6) is -0.329. The molecule has 7 heteroatoms. The number of ether oxygens (including phenoxy) is 2. The molecule has 0 radical (unpaired) electrons. The standard InChI is InChI=1S/C16H22N2O4.ClH/c1-11-15(17-9-10-22-11)16(20)18-13-6-3-12(4-7-13)5-8-14(19)21-2;/h3-4,6-7,11,15,17H,5,8-10H2,1-2H3,(H,18,20);1H/t11-,15+;/m1./s1. The number of morpholine rings is 1. The van der Waals surface area contributed by atoms with Crippen molar-refractivity contribution >= 4 is 30.0 Å². The molecular formula is C16H23ClN2O4. The molecule has 2 atom stereocenters. The fourth-order valence-electron chi connectivity index (χ4n) is 2.35. The maximum absolute atomic E-state index is 12.2. The van der Waals surface area contributed by atoms with Crippen LogP contribution < -0.4 is 10.6 Å². The second-order valence-corrected chi connectivity index (χ2v) is 5.27. The van der Waals surface area contributed by atoms with Crippen LogP contribution in [0.1, 0.15) is 18.9 Å². The van der Waals surface area contributed by atoms with Crippen LogP contribution in [0.2, 0.25) is 0 Å². The van der Waals surface area contributed by atoms with E-state index in [0.717, 1.165) is 11.3 Å². The minimum absolute atomic E-state index is 0. The Labute approximate surface area is 142 Å². The van der Waals surface area contributed by atoms with Crippen molar-refractivity contribution in [3.63, 3.8) is 0 Å². The number of anilines is 1. The van der Waals surface area contributed by atoms with Crippen LogP contribution in [0.25, 0.3) is 0 Å². The number of benzene rings is 1. The zero-order chi connectivity index (χ0) is 15.9. The van der Waals surface area contributed by atoms with Gasteiger partial charge in [0.2, 0.25) is 5.91 Å². The fourth-order valence-corrected chi connectivity index (χ4v) is 2.35. The van der Waals surface area contributed by atoms with Crippen molar-refractivity contribution in [3.8, 4) is 0 Å². The van der Waals surface area contributed by atoms with Crippen molar-refractivity contribution in [2.75, 3.05) is 25.6 Å². The zero-order valence-electron chi connectivity index (χ0n) is 13.3. The van der Waals surface area contributed by atoms with Crippen LogP contribution in [0.5, 0.6) is 0 Å². The Morgan fingerprint density at radius 3 is 2.65 bits per heavy atom. The first-order valence-corrected chi connectivity index (χ1v) is 7.42. The van der Waals surface area contributed by atoms with Crippen molar-refractivity contribution in [2.24, 2.45) is 0 Å². The molecule has 0 unspecified atom stereocenters. The molecule has 1 heterocycles. The highest BCUT2D eigenvalue weighted by molar-refractivity contribution is 5.95. The van der Waals surface area contributed by atoms with Crippen molar-refractivity contribution in [2.45, 2.75) is 31.9 Å². The number of hydrogen-bond donors (Lipinski definition) is 2. The van der Waals surface area contributed by atoms with Crippen LogP contribution in [0, 0.1) is 0 Å². The van der Waals surface area contributed by atoms with E-state index in [0.29, 0.717) is 26.0 Å². The van der Waals surface area contributed by atoms with Gasteiger partial charge in [0.1, 0.15) is 6.04 Å². The third-order valence-electron chi connectivity index (χ3n) is 3.67. The number of methoxy groups -OCH3 is 1. The molecule has 128 valence electrons. The van der Waals surface area contributed by atoms with Gasteiger partial charge < -0.3 is 20.1 Å². The summed E-state index contributed by atoms with van der Waals surface area (Å²) in [7, 11) is 1.38. The lowest BCUT2D eigenvalue weighted by molar-refractivity contribution is -0.140. The minimum atomic E-state index is -0.340. The Balaban J connectivity index is 0.00000264. The van der Waals surface area contributed by atoms with Gasteiger partial charge in [0.05, 0.1) is 19.8 Å². The highest BCUT2D eigenvalue weighted by atomic mass is 35.5. The molecule has 1 aliphatic heterocycles. The van der Waals surface area contributed by atoms with Gasteiger partial charge in [-0.05, 0) is 31.0 Å². The maximum Gasteiger partial charge on any atom is 0.305 e. The Kier molecular flexibility index (Phi) is 8.02. The number of aryl methyl sites for hydroxylation is 1. The predicted octanol–water partition coefficient (Wildman–Crippen LogP) is 1.53. The molecule has 1 fully saturated rings.